The van der Waals surface area contributed by atoms with Crippen LogP contribution >= 0.6 is 11.6 Å². The van der Waals surface area contributed by atoms with Gasteiger partial charge in [0.1, 0.15) is 0 Å². The largest absolute Gasteiger partial charge is 0.339 e. The minimum atomic E-state index is -0.0725. The Labute approximate surface area is 210 Å². The number of aromatic nitrogens is 2. The van der Waals surface area contributed by atoms with Gasteiger partial charge in [-0.1, -0.05) is 35.9 Å². The van der Waals surface area contributed by atoms with Crippen molar-refractivity contribution in [3.8, 4) is 0 Å². The summed E-state index contributed by atoms with van der Waals surface area (Å²) in [5.41, 5.74) is 2.56. The first-order valence-corrected chi connectivity index (χ1v) is 12.5. The number of amides is 2. The Morgan fingerprint density at radius 3 is 2.40 bits per heavy atom. The lowest BCUT2D eigenvalue weighted by atomic mass is 9.89. The van der Waals surface area contributed by atoms with Gasteiger partial charge in [-0.15, -0.1) is 5.10 Å². The molecule has 1 aromatic heterocycles. The highest BCUT2D eigenvalue weighted by atomic mass is 35.5. The van der Waals surface area contributed by atoms with Gasteiger partial charge in [0.25, 0.3) is 5.91 Å². The van der Waals surface area contributed by atoms with Crippen LogP contribution in [0.1, 0.15) is 41.1 Å². The van der Waals surface area contributed by atoms with Gasteiger partial charge in [-0.2, -0.15) is 5.10 Å². The summed E-state index contributed by atoms with van der Waals surface area (Å²) < 4.78 is 0. The van der Waals surface area contributed by atoms with Crippen molar-refractivity contribution < 1.29 is 9.59 Å². The maximum atomic E-state index is 13.3. The van der Waals surface area contributed by atoms with E-state index in [9.17, 15) is 9.59 Å². The number of rotatable bonds is 5. The second-order valence-corrected chi connectivity index (χ2v) is 9.49. The third kappa shape index (κ3) is 5.06. The normalized spacial score (nSPS) is 18.4. The highest BCUT2D eigenvalue weighted by molar-refractivity contribution is 6.33. The fraction of sp³-hybridized carbons (Fsp3) is 0.333. The van der Waals surface area contributed by atoms with Gasteiger partial charge in [0.05, 0.1) is 22.2 Å². The minimum Gasteiger partial charge on any atom is -0.339 e. The number of hydrogen-bond donors (Lipinski definition) is 1. The molecule has 2 aliphatic heterocycles. The molecule has 0 spiro atoms. The number of halogens is 1. The van der Waals surface area contributed by atoms with Crippen molar-refractivity contribution in [2.45, 2.75) is 25.2 Å². The van der Waals surface area contributed by atoms with Crippen molar-refractivity contribution in [2.75, 3.05) is 31.1 Å². The zero-order chi connectivity index (χ0) is 24.2. The highest BCUT2D eigenvalue weighted by Crippen LogP contribution is 2.33. The highest BCUT2D eigenvalue weighted by Gasteiger charge is 2.30. The Kier molecular flexibility index (Phi) is 7.06. The topological polar surface area (TPSA) is 78.4 Å². The van der Waals surface area contributed by atoms with Crippen LogP contribution in [0, 0.1) is 5.92 Å². The second kappa shape index (κ2) is 10.5. The molecule has 5 rings (SSSR count). The van der Waals surface area contributed by atoms with Gasteiger partial charge in [0.15, 0.2) is 5.82 Å². The molecule has 2 saturated heterocycles. The van der Waals surface area contributed by atoms with E-state index in [0.717, 1.165) is 31.5 Å². The van der Waals surface area contributed by atoms with Crippen molar-refractivity contribution in [1.82, 2.24) is 20.4 Å². The molecule has 0 saturated carbocycles. The molecule has 0 bridgehead atoms. The fourth-order valence-corrected chi connectivity index (χ4v) is 5.17. The maximum absolute atomic E-state index is 13.3. The first-order chi connectivity index (χ1) is 17.1. The Morgan fingerprint density at radius 1 is 0.971 bits per heavy atom. The molecule has 35 heavy (non-hydrogen) atoms. The predicted octanol–water partition coefficient (Wildman–Crippen LogP) is 4.42. The second-order valence-electron chi connectivity index (χ2n) is 9.08. The van der Waals surface area contributed by atoms with Gasteiger partial charge in [0.2, 0.25) is 5.91 Å². The summed E-state index contributed by atoms with van der Waals surface area (Å²) in [6.45, 7) is 2.91. The van der Waals surface area contributed by atoms with Crippen LogP contribution in [0.2, 0.25) is 5.02 Å². The first-order valence-electron chi connectivity index (χ1n) is 12.1. The molecule has 2 amide bonds. The number of hydrogen-bond acceptors (Lipinski definition) is 5. The molecular weight excluding hydrogens is 462 g/mol. The maximum Gasteiger partial charge on any atom is 0.255 e. The number of likely N-dealkylation sites (tertiary alicyclic amines) is 1. The lowest BCUT2D eigenvalue weighted by Crippen LogP contribution is -2.38. The summed E-state index contributed by atoms with van der Waals surface area (Å²) in [5.74, 6) is 0.845. The lowest BCUT2D eigenvalue weighted by molar-refractivity contribution is -0.121. The van der Waals surface area contributed by atoms with Crippen LogP contribution in [0.25, 0.3) is 0 Å². The van der Waals surface area contributed by atoms with E-state index in [1.54, 1.807) is 29.3 Å². The van der Waals surface area contributed by atoms with E-state index in [4.69, 9.17) is 11.6 Å². The summed E-state index contributed by atoms with van der Waals surface area (Å²) >= 11 is 6.22. The molecule has 0 radical (unpaired) electrons. The van der Waals surface area contributed by atoms with Gasteiger partial charge in [-0.05, 0) is 73.7 Å². The molecule has 7 nitrogen and oxygen atoms in total. The van der Waals surface area contributed by atoms with E-state index in [0.29, 0.717) is 42.0 Å². The Balaban J connectivity index is 1.29. The number of nitrogens with one attached hydrogen (secondary N) is 1. The van der Waals surface area contributed by atoms with E-state index in [-0.39, 0.29) is 17.7 Å². The number of benzene rings is 2. The molecule has 3 aromatic rings. The van der Waals surface area contributed by atoms with Crippen LogP contribution in [-0.2, 0) is 4.79 Å². The van der Waals surface area contributed by atoms with Crippen LogP contribution < -0.4 is 10.2 Å². The zero-order valence-electron chi connectivity index (χ0n) is 19.4. The first kappa shape index (κ1) is 23.5. The fourth-order valence-electron chi connectivity index (χ4n) is 4.95. The van der Waals surface area contributed by atoms with Crippen molar-refractivity contribution >= 4 is 34.9 Å². The Hall–Kier alpha value is -3.29. The molecular formula is C27H28ClN5O2. The van der Waals surface area contributed by atoms with Gasteiger partial charge in [-0.25, -0.2) is 0 Å². The molecule has 2 fully saturated rings. The van der Waals surface area contributed by atoms with E-state index in [1.807, 2.05) is 35.2 Å². The molecule has 180 valence electrons. The Bertz CT molecular complexity index is 1170. The quantitative estimate of drug-likeness (QED) is 0.573. The minimum absolute atomic E-state index is 0.0103. The van der Waals surface area contributed by atoms with Crippen molar-refractivity contribution in [3.63, 3.8) is 0 Å². The van der Waals surface area contributed by atoms with Crippen LogP contribution in [-0.4, -0.2) is 53.1 Å². The molecule has 2 aromatic carbocycles. The Morgan fingerprint density at radius 2 is 1.74 bits per heavy atom. The SMILES string of the molecule is O=C(c1ccccc1Cl)N1CCC(c2ccc(N(C(=O)[C@H]3CCNC3)c3cccnn3)cc2)CC1. The van der Waals surface area contributed by atoms with E-state index < -0.39 is 0 Å². The molecule has 3 heterocycles. The van der Waals surface area contributed by atoms with Crippen LogP contribution in [0.3, 0.4) is 0 Å². The van der Waals surface area contributed by atoms with Crippen LogP contribution in [0.15, 0.2) is 66.9 Å². The number of carbonyl (C=O) groups is 2. The van der Waals surface area contributed by atoms with Gasteiger partial charge < -0.3 is 10.2 Å². The molecule has 0 unspecified atom stereocenters. The summed E-state index contributed by atoms with van der Waals surface area (Å²) in [4.78, 5) is 29.8. The van der Waals surface area contributed by atoms with Crippen molar-refractivity contribution in [1.29, 1.82) is 0 Å². The standard InChI is InChI=1S/C27H28ClN5O2/c28-24-5-2-1-4-23(24)27(35)32-16-12-20(13-17-32)19-7-9-22(10-8-19)33(25-6-3-14-30-31-25)26(34)21-11-15-29-18-21/h1-10,14,20-21,29H,11-13,15-18H2/t21-/m0/s1. The summed E-state index contributed by atoms with van der Waals surface area (Å²) in [6, 6.07) is 19.0. The zero-order valence-corrected chi connectivity index (χ0v) is 20.2. The number of carbonyl (C=O) groups excluding carboxylic acids is 2. The third-order valence-electron chi connectivity index (χ3n) is 6.93. The summed E-state index contributed by atoms with van der Waals surface area (Å²) in [7, 11) is 0. The smallest absolute Gasteiger partial charge is 0.255 e. The molecule has 1 atom stereocenters. The summed E-state index contributed by atoms with van der Waals surface area (Å²) in [6.07, 6.45) is 4.20. The van der Waals surface area contributed by atoms with Crippen molar-refractivity contribution in [3.05, 3.63) is 83.0 Å². The van der Waals surface area contributed by atoms with Crippen LogP contribution in [0.4, 0.5) is 11.5 Å². The van der Waals surface area contributed by atoms with Gasteiger partial charge in [0, 0.05) is 25.8 Å². The van der Waals surface area contributed by atoms with Gasteiger partial charge in [-0.3, -0.25) is 14.5 Å². The average molecular weight is 490 g/mol. The van der Waals surface area contributed by atoms with E-state index in [1.165, 1.54) is 5.56 Å². The lowest BCUT2D eigenvalue weighted by Gasteiger charge is -2.32. The van der Waals surface area contributed by atoms with E-state index in [2.05, 4.69) is 27.6 Å². The molecule has 1 N–H and O–H groups in total. The third-order valence-corrected chi connectivity index (χ3v) is 7.26. The molecule has 2 aliphatic rings. The average Bonchev–Trinajstić information content (AvgIpc) is 3.45. The number of nitrogens with zero attached hydrogens (tertiary/aromatic N) is 4. The van der Waals surface area contributed by atoms with E-state index >= 15 is 0 Å². The summed E-state index contributed by atoms with van der Waals surface area (Å²) in [5, 5.41) is 11.9. The van der Waals surface area contributed by atoms with Crippen LogP contribution in [0.5, 0.6) is 0 Å². The monoisotopic (exact) mass is 489 g/mol. The molecule has 0 aliphatic carbocycles. The van der Waals surface area contributed by atoms with Gasteiger partial charge >= 0.3 is 0 Å². The molecule has 8 heteroatoms. The number of anilines is 2. The predicted molar refractivity (Wildman–Crippen MR) is 136 cm³/mol. The van der Waals surface area contributed by atoms with Crippen molar-refractivity contribution in [2.24, 2.45) is 5.92 Å². The number of piperidine rings is 1.